The van der Waals surface area contributed by atoms with Gasteiger partial charge in [-0.2, -0.15) is 0 Å². The zero-order valence-corrected chi connectivity index (χ0v) is 21.8. The van der Waals surface area contributed by atoms with Gasteiger partial charge in [0.2, 0.25) is 0 Å². The van der Waals surface area contributed by atoms with Crippen LogP contribution in [0.4, 0.5) is 4.79 Å². The van der Waals surface area contributed by atoms with Gasteiger partial charge in [0.1, 0.15) is 5.54 Å². The number of nitrogens with zero attached hydrogens (tertiary/aromatic N) is 2. The highest BCUT2D eigenvalue weighted by atomic mass is 16.5. The number of hydrogen-bond donors (Lipinski definition) is 0. The first kappa shape index (κ1) is 25.2. The molecule has 0 radical (unpaired) electrons. The number of imide groups is 1. The second-order valence-electron chi connectivity index (χ2n) is 11.0. The van der Waals surface area contributed by atoms with Gasteiger partial charge in [-0.25, -0.2) is 9.59 Å². The fraction of sp³-hybridized carbons (Fsp3) is 0.452. The van der Waals surface area contributed by atoms with Crippen molar-refractivity contribution < 1.29 is 19.1 Å². The topological polar surface area (TPSA) is 66.9 Å². The van der Waals surface area contributed by atoms with E-state index in [1.54, 1.807) is 4.90 Å². The van der Waals surface area contributed by atoms with Crippen LogP contribution in [0.3, 0.4) is 0 Å². The third-order valence-electron chi connectivity index (χ3n) is 8.07. The molecule has 2 aromatic rings. The first-order valence-electron chi connectivity index (χ1n) is 13.5. The van der Waals surface area contributed by atoms with E-state index in [2.05, 4.69) is 0 Å². The molecule has 2 atom stereocenters. The van der Waals surface area contributed by atoms with Crippen molar-refractivity contribution in [3.8, 4) is 0 Å². The SMILES string of the molecule is CC(C)OC(=O)C1=C[C@H](CC2CCCC2)[C@]2(C1)C(=O)N(Cc1ccccc1)C(=O)N2Cc1ccccc1. The quantitative estimate of drug-likeness (QED) is 0.336. The number of hydrogen-bond acceptors (Lipinski definition) is 4. The molecule has 1 aliphatic heterocycles. The summed E-state index contributed by atoms with van der Waals surface area (Å²) in [6.07, 6.45) is 7.32. The molecule has 2 aromatic carbocycles. The molecule has 1 heterocycles. The van der Waals surface area contributed by atoms with E-state index in [0.29, 0.717) is 18.0 Å². The predicted octanol–water partition coefficient (Wildman–Crippen LogP) is 5.87. The molecule has 6 heteroatoms. The summed E-state index contributed by atoms with van der Waals surface area (Å²) in [6, 6.07) is 19.1. The summed E-state index contributed by atoms with van der Waals surface area (Å²) in [5.74, 6) is -0.330. The number of rotatable bonds is 8. The molecule has 1 saturated carbocycles. The Bertz CT molecular complexity index is 1170. The van der Waals surface area contributed by atoms with Gasteiger partial charge in [-0.1, -0.05) is 92.4 Å². The molecule has 6 nitrogen and oxygen atoms in total. The molecule has 1 saturated heterocycles. The van der Waals surface area contributed by atoms with Crippen molar-refractivity contribution in [2.75, 3.05) is 0 Å². The van der Waals surface area contributed by atoms with Crippen LogP contribution >= 0.6 is 0 Å². The first-order valence-corrected chi connectivity index (χ1v) is 13.5. The van der Waals surface area contributed by atoms with Crippen molar-refractivity contribution in [2.45, 2.75) is 77.1 Å². The predicted molar refractivity (Wildman–Crippen MR) is 141 cm³/mol. The van der Waals surface area contributed by atoms with Crippen LogP contribution in [-0.2, 0) is 27.4 Å². The Morgan fingerprint density at radius 1 is 0.946 bits per heavy atom. The van der Waals surface area contributed by atoms with Crippen LogP contribution in [0.15, 0.2) is 72.3 Å². The Labute approximate surface area is 219 Å². The van der Waals surface area contributed by atoms with Gasteiger partial charge in [0, 0.05) is 24.5 Å². The lowest BCUT2D eigenvalue weighted by Crippen LogP contribution is -2.53. The minimum atomic E-state index is -1.12. The van der Waals surface area contributed by atoms with Crippen molar-refractivity contribution in [3.05, 3.63) is 83.4 Å². The van der Waals surface area contributed by atoms with Crippen molar-refractivity contribution in [1.29, 1.82) is 0 Å². The summed E-state index contributed by atoms with van der Waals surface area (Å²) in [4.78, 5) is 44.6. The maximum Gasteiger partial charge on any atom is 0.334 e. The molecule has 3 amide bonds. The highest BCUT2D eigenvalue weighted by molar-refractivity contribution is 6.09. The molecule has 0 aromatic heterocycles. The summed E-state index contributed by atoms with van der Waals surface area (Å²) in [7, 11) is 0. The van der Waals surface area contributed by atoms with Crippen LogP contribution in [0.25, 0.3) is 0 Å². The van der Waals surface area contributed by atoms with Crippen molar-refractivity contribution in [1.82, 2.24) is 9.80 Å². The van der Waals surface area contributed by atoms with E-state index in [1.807, 2.05) is 80.6 Å². The van der Waals surface area contributed by atoms with E-state index in [4.69, 9.17) is 4.74 Å². The average Bonchev–Trinajstić information content (AvgIpc) is 3.58. The smallest absolute Gasteiger partial charge is 0.334 e. The van der Waals surface area contributed by atoms with E-state index in [0.717, 1.165) is 30.4 Å². The summed E-state index contributed by atoms with van der Waals surface area (Å²) in [5.41, 5.74) is 1.26. The Hall–Kier alpha value is -3.41. The van der Waals surface area contributed by atoms with Crippen LogP contribution in [-0.4, -0.2) is 39.4 Å². The van der Waals surface area contributed by atoms with Crippen LogP contribution in [0.1, 0.15) is 63.5 Å². The molecule has 3 aliphatic rings. The second-order valence-corrected chi connectivity index (χ2v) is 11.0. The summed E-state index contributed by atoms with van der Waals surface area (Å²) in [6.45, 7) is 4.19. The lowest BCUT2D eigenvalue weighted by Gasteiger charge is -2.38. The highest BCUT2D eigenvalue weighted by Crippen LogP contribution is 2.50. The van der Waals surface area contributed by atoms with Crippen LogP contribution in [0.5, 0.6) is 0 Å². The molecule has 2 fully saturated rings. The molecule has 37 heavy (non-hydrogen) atoms. The number of amides is 3. The van der Waals surface area contributed by atoms with Crippen LogP contribution in [0, 0.1) is 11.8 Å². The number of ether oxygens (including phenoxy) is 1. The van der Waals surface area contributed by atoms with Crippen molar-refractivity contribution in [2.24, 2.45) is 11.8 Å². The third-order valence-corrected chi connectivity index (χ3v) is 8.07. The minimum Gasteiger partial charge on any atom is -0.460 e. The molecule has 0 N–H and O–H groups in total. The average molecular weight is 501 g/mol. The Kier molecular flexibility index (Phi) is 7.18. The van der Waals surface area contributed by atoms with Gasteiger partial charge in [-0.05, 0) is 37.3 Å². The second kappa shape index (κ2) is 10.5. The van der Waals surface area contributed by atoms with Crippen LogP contribution in [0.2, 0.25) is 0 Å². The minimum absolute atomic E-state index is 0.193. The number of benzene rings is 2. The standard InChI is InChI=1S/C31H36N2O4/c1-22(2)37-28(34)26-18-27(17-23-11-9-10-12-23)31(19-26)29(35)32(20-24-13-5-3-6-14-24)30(36)33(31)21-25-15-7-4-8-16-25/h3-8,13-16,18,22-23,27H,9-12,17,19-21H2,1-2H3/t27-,31+/m0/s1. The highest BCUT2D eigenvalue weighted by Gasteiger charge is 2.63. The van der Waals surface area contributed by atoms with Gasteiger partial charge in [0.15, 0.2) is 0 Å². The van der Waals surface area contributed by atoms with Crippen molar-refractivity contribution in [3.63, 3.8) is 0 Å². The van der Waals surface area contributed by atoms with Gasteiger partial charge in [-0.3, -0.25) is 9.69 Å². The van der Waals surface area contributed by atoms with Crippen LogP contribution < -0.4 is 0 Å². The summed E-state index contributed by atoms with van der Waals surface area (Å²) < 4.78 is 5.56. The molecule has 5 rings (SSSR count). The Balaban J connectivity index is 1.55. The normalized spacial score (nSPS) is 24.0. The maximum atomic E-state index is 14.4. The number of esters is 1. The molecular weight excluding hydrogens is 464 g/mol. The fourth-order valence-corrected chi connectivity index (χ4v) is 6.32. The van der Waals surface area contributed by atoms with E-state index in [-0.39, 0.29) is 42.9 Å². The summed E-state index contributed by atoms with van der Waals surface area (Å²) >= 11 is 0. The molecule has 0 bridgehead atoms. The van der Waals surface area contributed by atoms with E-state index >= 15 is 0 Å². The Morgan fingerprint density at radius 3 is 2.14 bits per heavy atom. The van der Waals surface area contributed by atoms with Gasteiger partial charge >= 0.3 is 12.0 Å². The zero-order valence-electron chi connectivity index (χ0n) is 21.8. The fourth-order valence-electron chi connectivity index (χ4n) is 6.32. The Morgan fingerprint density at radius 2 is 1.54 bits per heavy atom. The number of carbonyl (C=O) groups is 3. The van der Waals surface area contributed by atoms with Gasteiger partial charge < -0.3 is 9.64 Å². The van der Waals surface area contributed by atoms with Gasteiger partial charge in [0.05, 0.1) is 12.6 Å². The number of urea groups is 1. The lowest BCUT2D eigenvalue weighted by atomic mass is 9.78. The van der Waals surface area contributed by atoms with Gasteiger partial charge in [0.25, 0.3) is 5.91 Å². The summed E-state index contributed by atoms with van der Waals surface area (Å²) in [5, 5.41) is 0. The van der Waals surface area contributed by atoms with Gasteiger partial charge in [-0.15, -0.1) is 0 Å². The van der Waals surface area contributed by atoms with E-state index in [9.17, 15) is 14.4 Å². The van der Waals surface area contributed by atoms with Crippen molar-refractivity contribution >= 4 is 17.9 Å². The molecule has 2 aliphatic carbocycles. The molecule has 194 valence electrons. The maximum absolute atomic E-state index is 14.4. The largest absolute Gasteiger partial charge is 0.460 e. The molecule has 1 spiro atoms. The molecular formula is C31H36N2O4. The lowest BCUT2D eigenvalue weighted by molar-refractivity contribution is -0.143. The first-order chi connectivity index (χ1) is 17.9. The molecule has 0 unspecified atom stereocenters. The van der Waals surface area contributed by atoms with E-state index < -0.39 is 5.54 Å². The zero-order chi connectivity index (χ0) is 26.0. The monoisotopic (exact) mass is 500 g/mol. The third kappa shape index (κ3) is 4.94. The van der Waals surface area contributed by atoms with E-state index in [1.165, 1.54) is 17.7 Å². The number of carbonyl (C=O) groups excluding carboxylic acids is 3.